The fraction of sp³-hybridized carbons (Fsp3) is 0.500. The van der Waals surface area contributed by atoms with Gasteiger partial charge >= 0.3 is 0 Å². The van der Waals surface area contributed by atoms with Gasteiger partial charge < -0.3 is 20.5 Å². The van der Waals surface area contributed by atoms with Crippen molar-refractivity contribution in [3.8, 4) is 0 Å². The number of amides is 1. The number of aliphatic imine (C=N–C) groups is 1. The largest absolute Gasteiger partial charge is 0.361 e. The molecule has 6 nitrogen and oxygen atoms in total. The minimum absolute atomic E-state index is 0.0185. The van der Waals surface area contributed by atoms with E-state index in [1.165, 1.54) is 22.0 Å². The van der Waals surface area contributed by atoms with Crippen LogP contribution in [0.2, 0.25) is 0 Å². The summed E-state index contributed by atoms with van der Waals surface area (Å²) in [4.78, 5) is 21.6. The Morgan fingerprint density at radius 2 is 2.04 bits per heavy atom. The lowest BCUT2D eigenvalue weighted by Gasteiger charge is -2.25. The SMILES string of the molecule is CN=C(NCCc1c[nH]c2c(C)cccc12)N(C)CC(=O)NC(C)(C)C. The second-order valence-electron chi connectivity index (χ2n) is 7.69. The van der Waals surface area contributed by atoms with Crippen LogP contribution in [0, 0.1) is 6.92 Å². The third-order valence-corrected chi connectivity index (χ3v) is 4.16. The van der Waals surface area contributed by atoms with Gasteiger partial charge in [-0.3, -0.25) is 9.79 Å². The van der Waals surface area contributed by atoms with Crippen LogP contribution in [0.4, 0.5) is 0 Å². The molecule has 0 atom stereocenters. The molecule has 0 radical (unpaired) electrons. The van der Waals surface area contributed by atoms with Gasteiger partial charge in [-0.1, -0.05) is 18.2 Å². The van der Waals surface area contributed by atoms with Crippen molar-refractivity contribution in [3.63, 3.8) is 0 Å². The Hall–Kier alpha value is -2.50. The Morgan fingerprint density at radius 1 is 1.31 bits per heavy atom. The number of H-pyrrole nitrogens is 1. The van der Waals surface area contributed by atoms with Crippen molar-refractivity contribution in [1.82, 2.24) is 20.5 Å². The van der Waals surface area contributed by atoms with E-state index in [1.807, 2.05) is 32.7 Å². The number of benzene rings is 1. The lowest BCUT2D eigenvalue weighted by atomic mass is 10.1. The van der Waals surface area contributed by atoms with Gasteiger partial charge in [0.15, 0.2) is 5.96 Å². The summed E-state index contributed by atoms with van der Waals surface area (Å²) in [6.45, 7) is 9.05. The van der Waals surface area contributed by atoms with Crippen molar-refractivity contribution in [2.75, 3.05) is 27.2 Å². The van der Waals surface area contributed by atoms with Crippen LogP contribution >= 0.6 is 0 Å². The van der Waals surface area contributed by atoms with Crippen LogP contribution in [0.3, 0.4) is 0 Å². The first kappa shape index (κ1) is 19.8. The number of para-hydroxylation sites is 1. The summed E-state index contributed by atoms with van der Waals surface area (Å²) in [6.07, 6.45) is 2.95. The first-order chi connectivity index (χ1) is 12.2. The molecule has 1 aromatic heterocycles. The Labute approximate surface area is 156 Å². The second-order valence-corrected chi connectivity index (χ2v) is 7.69. The predicted octanol–water partition coefficient (Wildman–Crippen LogP) is 2.44. The Morgan fingerprint density at radius 3 is 2.69 bits per heavy atom. The molecule has 0 spiro atoms. The molecule has 0 aliphatic rings. The third kappa shape index (κ3) is 5.25. The van der Waals surface area contributed by atoms with Crippen LogP contribution in [0.5, 0.6) is 0 Å². The number of aromatic nitrogens is 1. The maximum atomic E-state index is 12.1. The van der Waals surface area contributed by atoms with Crippen molar-refractivity contribution in [2.24, 2.45) is 4.99 Å². The third-order valence-electron chi connectivity index (χ3n) is 4.16. The molecule has 2 rings (SSSR count). The number of hydrogen-bond donors (Lipinski definition) is 3. The number of rotatable bonds is 5. The van der Waals surface area contributed by atoms with E-state index in [0.717, 1.165) is 13.0 Å². The van der Waals surface area contributed by atoms with Crippen molar-refractivity contribution >= 4 is 22.8 Å². The lowest BCUT2D eigenvalue weighted by Crippen LogP contribution is -2.49. The molecule has 1 aromatic carbocycles. The van der Waals surface area contributed by atoms with E-state index in [2.05, 4.69) is 51.9 Å². The molecule has 0 saturated heterocycles. The molecule has 142 valence electrons. The van der Waals surface area contributed by atoms with E-state index < -0.39 is 0 Å². The fourth-order valence-corrected chi connectivity index (χ4v) is 3.01. The summed E-state index contributed by atoms with van der Waals surface area (Å²) in [5, 5.41) is 7.57. The maximum Gasteiger partial charge on any atom is 0.240 e. The number of aryl methyl sites for hydroxylation is 1. The number of nitrogens with one attached hydrogen (secondary N) is 3. The predicted molar refractivity (Wildman–Crippen MR) is 109 cm³/mol. The van der Waals surface area contributed by atoms with Crippen LogP contribution < -0.4 is 10.6 Å². The maximum absolute atomic E-state index is 12.1. The lowest BCUT2D eigenvalue weighted by molar-refractivity contribution is -0.122. The number of hydrogen-bond acceptors (Lipinski definition) is 2. The van der Waals surface area contributed by atoms with Gasteiger partial charge in [-0.25, -0.2) is 0 Å². The molecule has 1 heterocycles. The van der Waals surface area contributed by atoms with Gasteiger partial charge in [0.2, 0.25) is 5.91 Å². The smallest absolute Gasteiger partial charge is 0.240 e. The molecule has 0 saturated carbocycles. The highest BCUT2D eigenvalue weighted by atomic mass is 16.2. The summed E-state index contributed by atoms with van der Waals surface area (Å²) in [5.41, 5.74) is 3.49. The van der Waals surface area contributed by atoms with Gasteiger partial charge in [0.25, 0.3) is 0 Å². The zero-order valence-corrected chi connectivity index (χ0v) is 16.7. The Bertz CT molecular complexity index is 785. The average Bonchev–Trinajstić information content (AvgIpc) is 2.94. The number of fused-ring (bicyclic) bond motifs is 1. The molecular formula is C20H31N5O. The van der Waals surface area contributed by atoms with Crippen LogP contribution in [0.1, 0.15) is 31.9 Å². The molecule has 26 heavy (non-hydrogen) atoms. The van der Waals surface area contributed by atoms with Crippen LogP contribution in [0.15, 0.2) is 29.4 Å². The molecule has 1 amide bonds. The van der Waals surface area contributed by atoms with Crippen LogP contribution in [-0.4, -0.2) is 54.5 Å². The van der Waals surface area contributed by atoms with Gasteiger partial charge in [0.1, 0.15) is 0 Å². The van der Waals surface area contributed by atoms with Gasteiger partial charge in [-0.2, -0.15) is 0 Å². The minimum Gasteiger partial charge on any atom is -0.361 e. The van der Waals surface area contributed by atoms with Crippen molar-refractivity contribution in [3.05, 3.63) is 35.5 Å². The molecule has 0 aliphatic heterocycles. The highest BCUT2D eigenvalue weighted by Gasteiger charge is 2.16. The number of nitrogens with zero attached hydrogens (tertiary/aromatic N) is 2. The molecule has 6 heteroatoms. The topological polar surface area (TPSA) is 72.5 Å². The van der Waals surface area contributed by atoms with E-state index in [-0.39, 0.29) is 18.0 Å². The molecule has 2 aromatic rings. The van der Waals surface area contributed by atoms with E-state index in [1.54, 1.807) is 7.05 Å². The highest BCUT2D eigenvalue weighted by molar-refractivity contribution is 5.87. The standard InChI is InChI=1S/C20H31N5O/c1-14-8-7-9-16-15(12-23-18(14)16)10-11-22-19(21-5)25(6)13-17(26)24-20(2,3)4/h7-9,12,23H,10-11,13H2,1-6H3,(H,21,22)(H,24,26). The van der Waals surface area contributed by atoms with E-state index in [4.69, 9.17) is 0 Å². The molecule has 0 unspecified atom stereocenters. The number of aromatic amines is 1. The van der Waals surface area contributed by atoms with Crippen LogP contribution in [-0.2, 0) is 11.2 Å². The van der Waals surface area contributed by atoms with Crippen molar-refractivity contribution < 1.29 is 4.79 Å². The molecular weight excluding hydrogens is 326 g/mol. The monoisotopic (exact) mass is 357 g/mol. The summed E-state index contributed by atoms with van der Waals surface area (Å²) in [7, 11) is 3.60. The number of likely N-dealkylation sites (N-methyl/N-ethyl adjacent to an activating group) is 1. The Balaban J connectivity index is 1.90. The minimum atomic E-state index is -0.234. The number of guanidine groups is 1. The first-order valence-corrected chi connectivity index (χ1v) is 8.99. The number of carbonyl (C=O) groups is 1. The summed E-state index contributed by atoms with van der Waals surface area (Å²) < 4.78 is 0. The number of carbonyl (C=O) groups excluding carboxylic acids is 1. The zero-order valence-electron chi connectivity index (χ0n) is 16.7. The second kappa shape index (κ2) is 8.25. The quantitative estimate of drug-likeness (QED) is 0.568. The van der Waals surface area contributed by atoms with E-state index in [9.17, 15) is 4.79 Å². The normalized spacial score (nSPS) is 12.3. The zero-order chi connectivity index (χ0) is 19.3. The van der Waals surface area contributed by atoms with Crippen LogP contribution in [0.25, 0.3) is 10.9 Å². The molecule has 0 bridgehead atoms. The summed E-state index contributed by atoms with van der Waals surface area (Å²) in [5.74, 6) is 0.695. The molecule has 3 N–H and O–H groups in total. The van der Waals surface area contributed by atoms with Gasteiger partial charge in [0.05, 0.1) is 6.54 Å². The highest BCUT2D eigenvalue weighted by Crippen LogP contribution is 2.21. The average molecular weight is 358 g/mol. The van der Waals surface area contributed by atoms with E-state index >= 15 is 0 Å². The molecule has 0 fully saturated rings. The summed E-state index contributed by atoms with van der Waals surface area (Å²) >= 11 is 0. The van der Waals surface area contributed by atoms with Crippen molar-refractivity contribution in [2.45, 2.75) is 39.7 Å². The Kier molecular flexibility index (Phi) is 6.29. The van der Waals surface area contributed by atoms with E-state index in [0.29, 0.717) is 5.96 Å². The fourth-order valence-electron chi connectivity index (χ4n) is 3.01. The van der Waals surface area contributed by atoms with Gasteiger partial charge in [0, 0.05) is 43.3 Å². The van der Waals surface area contributed by atoms with Crippen molar-refractivity contribution in [1.29, 1.82) is 0 Å². The summed E-state index contributed by atoms with van der Waals surface area (Å²) in [6, 6.07) is 6.34. The van der Waals surface area contributed by atoms with Gasteiger partial charge in [-0.05, 0) is 45.2 Å². The van der Waals surface area contributed by atoms with Gasteiger partial charge in [-0.15, -0.1) is 0 Å². The molecule has 0 aliphatic carbocycles. The first-order valence-electron chi connectivity index (χ1n) is 8.99.